The van der Waals surface area contributed by atoms with Crippen molar-refractivity contribution in [2.24, 2.45) is 0 Å². The smallest absolute Gasteiger partial charge is 0.237 e. The van der Waals surface area contributed by atoms with E-state index in [1.54, 1.807) is 13.0 Å². The predicted molar refractivity (Wildman–Crippen MR) is 61.8 cm³/mol. The van der Waals surface area contributed by atoms with Gasteiger partial charge in [0.1, 0.15) is 0 Å². The summed E-state index contributed by atoms with van der Waals surface area (Å²) in [4.78, 5) is 22.7. The number of carbonyl (C=O) groups excluding carboxylic acids is 2. The summed E-state index contributed by atoms with van der Waals surface area (Å²) in [7, 11) is 0. The minimum absolute atomic E-state index is 0.0501. The highest BCUT2D eigenvalue weighted by molar-refractivity contribution is 5.83. The molecule has 1 aliphatic carbocycles. The van der Waals surface area contributed by atoms with Gasteiger partial charge in [-0.1, -0.05) is 6.08 Å². The summed E-state index contributed by atoms with van der Waals surface area (Å²) in [5.41, 5.74) is 0. The maximum absolute atomic E-state index is 11.4. The zero-order valence-electron chi connectivity index (χ0n) is 9.58. The average Bonchev–Trinajstić information content (AvgIpc) is 3.06. The zero-order chi connectivity index (χ0) is 12.0. The first-order valence-corrected chi connectivity index (χ1v) is 5.55. The molecular formula is C11H19N3O2. The second kappa shape index (κ2) is 6.27. The Bertz CT molecular complexity index is 274. The van der Waals surface area contributed by atoms with Crippen LogP contribution in [0.2, 0.25) is 0 Å². The molecule has 0 heterocycles. The minimum atomic E-state index is -0.370. The number of carbonyl (C=O) groups is 2. The van der Waals surface area contributed by atoms with Crippen LogP contribution in [0.15, 0.2) is 12.7 Å². The Morgan fingerprint density at radius 2 is 2.19 bits per heavy atom. The van der Waals surface area contributed by atoms with E-state index in [4.69, 9.17) is 0 Å². The van der Waals surface area contributed by atoms with Crippen LogP contribution in [0.5, 0.6) is 0 Å². The summed E-state index contributed by atoms with van der Waals surface area (Å²) in [6.07, 6.45) is 3.76. The topological polar surface area (TPSA) is 70.2 Å². The van der Waals surface area contributed by atoms with E-state index < -0.39 is 0 Å². The largest absolute Gasteiger partial charge is 0.352 e. The van der Waals surface area contributed by atoms with E-state index in [2.05, 4.69) is 22.5 Å². The molecule has 1 saturated carbocycles. The number of hydrogen-bond donors (Lipinski definition) is 3. The molecule has 0 spiro atoms. The molecule has 0 aromatic heterocycles. The minimum Gasteiger partial charge on any atom is -0.352 e. The predicted octanol–water partition coefficient (Wildman–Crippen LogP) is -0.455. The second-order valence-electron chi connectivity index (χ2n) is 3.98. The fraction of sp³-hybridized carbons (Fsp3) is 0.636. The lowest BCUT2D eigenvalue weighted by Crippen LogP contribution is -2.46. The van der Waals surface area contributed by atoms with Gasteiger partial charge in [-0.3, -0.25) is 14.9 Å². The number of rotatable bonds is 7. The van der Waals surface area contributed by atoms with E-state index in [-0.39, 0.29) is 24.4 Å². The molecule has 2 amide bonds. The van der Waals surface area contributed by atoms with Crippen molar-refractivity contribution in [2.45, 2.75) is 31.8 Å². The summed E-state index contributed by atoms with van der Waals surface area (Å²) < 4.78 is 0. The molecule has 0 bridgehead atoms. The third-order valence-corrected chi connectivity index (χ3v) is 2.33. The quantitative estimate of drug-likeness (QED) is 0.514. The first-order valence-electron chi connectivity index (χ1n) is 5.55. The third kappa shape index (κ3) is 4.93. The van der Waals surface area contributed by atoms with Crippen molar-refractivity contribution in [1.29, 1.82) is 0 Å². The maximum atomic E-state index is 11.4. The molecule has 1 unspecified atom stereocenters. The molecular weight excluding hydrogens is 206 g/mol. The van der Waals surface area contributed by atoms with E-state index in [1.165, 1.54) is 0 Å². The van der Waals surface area contributed by atoms with Gasteiger partial charge in [0.05, 0.1) is 12.6 Å². The monoisotopic (exact) mass is 225 g/mol. The molecule has 1 fully saturated rings. The molecule has 0 saturated heterocycles. The van der Waals surface area contributed by atoms with Crippen LogP contribution >= 0.6 is 0 Å². The Balaban J connectivity index is 2.12. The number of hydrogen-bond acceptors (Lipinski definition) is 3. The molecule has 0 aliphatic heterocycles. The Kier molecular flexibility index (Phi) is 4.98. The van der Waals surface area contributed by atoms with Crippen molar-refractivity contribution in [2.75, 3.05) is 13.1 Å². The van der Waals surface area contributed by atoms with Gasteiger partial charge in [-0.05, 0) is 19.8 Å². The van der Waals surface area contributed by atoms with Gasteiger partial charge < -0.3 is 10.6 Å². The van der Waals surface area contributed by atoms with E-state index in [1.807, 2.05) is 0 Å². The van der Waals surface area contributed by atoms with Gasteiger partial charge in [-0.15, -0.1) is 6.58 Å². The molecule has 90 valence electrons. The van der Waals surface area contributed by atoms with Crippen molar-refractivity contribution in [3.05, 3.63) is 12.7 Å². The molecule has 0 aromatic rings. The molecule has 1 aliphatic rings. The summed E-state index contributed by atoms with van der Waals surface area (Å²) in [6.45, 7) is 5.85. The Labute approximate surface area is 95.7 Å². The van der Waals surface area contributed by atoms with Crippen LogP contribution < -0.4 is 16.0 Å². The van der Waals surface area contributed by atoms with Crippen LogP contribution in [0.25, 0.3) is 0 Å². The van der Waals surface area contributed by atoms with Gasteiger partial charge in [-0.2, -0.15) is 0 Å². The van der Waals surface area contributed by atoms with Gasteiger partial charge in [0.2, 0.25) is 11.8 Å². The number of nitrogens with one attached hydrogen (secondary N) is 3. The highest BCUT2D eigenvalue weighted by Gasteiger charge is 2.23. The first-order chi connectivity index (χ1) is 7.63. The van der Waals surface area contributed by atoms with E-state index >= 15 is 0 Å². The standard InChI is InChI=1S/C11H19N3O2/c1-3-6-12-11(16)8(2)13-7-10(15)14-9-4-5-9/h3,8-9,13H,1,4-7H2,2H3,(H,12,16)(H,14,15). The van der Waals surface area contributed by atoms with E-state index in [0.717, 1.165) is 12.8 Å². The first kappa shape index (κ1) is 12.7. The Morgan fingerprint density at radius 1 is 1.50 bits per heavy atom. The van der Waals surface area contributed by atoms with Gasteiger partial charge >= 0.3 is 0 Å². The molecule has 0 aromatic carbocycles. The van der Waals surface area contributed by atoms with Crippen LogP contribution in [0, 0.1) is 0 Å². The Morgan fingerprint density at radius 3 is 2.75 bits per heavy atom. The van der Waals surface area contributed by atoms with Crippen LogP contribution in [0.3, 0.4) is 0 Å². The van der Waals surface area contributed by atoms with Crippen LogP contribution in [0.1, 0.15) is 19.8 Å². The highest BCUT2D eigenvalue weighted by Crippen LogP contribution is 2.18. The molecule has 1 atom stereocenters. The van der Waals surface area contributed by atoms with Crippen molar-refractivity contribution in [3.8, 4) is 0 Å². The summed E-state index contributed by atoms with van der Waals surface area (Å²) in [5, 5.41) is 8.37. The van der Waals surface area contributed by atoms with Gasteiger partial charge in [0.25, 0.3) is 0 Å². The summed E-state index contributed by atoms with van der Waals surface area (Å²) in [6, 6.07) is -0.0101. The van der Waals surface area contributed by atoms with Crippen molar-refractivity contribution in [1.82, 2.24) is 16.0 Å². The van der Waals surface area contributed by atoms with Crippen LogP contribution in [0.4, 0.5) is 0 Å². The van der Waals surface area contributed by atoms with Gasteiger partial charge in [-0.25, -0.2) is 0 Å². The number of amides is 2. The summed E-state index contributed by atoms with van der Waals surface area (Å²) in [5.74, 6) is -0.176. The van der Waals surface area contributed by atoms with Crippen molar-refractivity contribution >= 4 is 11.8 Å². The highest BCUT2D eigenvalue weighted by atomic mass is 16.2. The van der Waals surface area contributed by atoms with E-state index in [0.29, 0.717) is 12.6 Å². The molecule has 1 rings (SSSR count). The molecule has 3 N–H and O–H groups in total. The lowest BCUT2D eigenvalue weighted by molar-refractivity contribution is -0.123. The fourth-order valence-corrected chi connectivity index (χ4v) is 1.17. The van der Waals surface area contributed by atoms with E-state index in [9.17, 15) is 9.59 Å². The molecule has 5 nitrogen and oxygen atoms in total. The fourth-order valence-electron chi connectivity index (χ4n) is 1.17. The van der Waals surface area contributed by atoms with Crippen molar-refractivity contribution in [3.63, 3.8) is 0 Å². The SMILES string of the molecule is C=CCNC(=O)C(C)NCC(=O)NC1CC1. The van der Waals surface area contributed by atoms with Crippen LogP contribution in [-0.2, 0) is 9.59 Å². The molecule has 5 heteroatoms. The van der Waals surface area contributed by atoms with Crippen molar-refractivity contribution < 1.29 is 9.59 Å². The van der Waals surface area contributed by atoms with Gasteiger partial charge in [0, 0.05) is 12.6 Å². The normalized spacial score (nSPS) is 16.3. The molecule has 16 heavy (non-hydrogen) atoms. The van der Waals surface area contributed by atoms with Crippen LogP contribution in [-0.4, -0.2) is 37.0 Å². The summed E-state index contributed by atoms with van der Waals surface area (Å²) >= 11 is 0. The lowest BCUT2D eigenvalue weighted by atomic mass is 10.3. The van der Waals surface area contributed by atoms with Gasteiger partial charge in [0.15, 0.2) is 0 Å². The average molecular weight is 225 g/mol. The Hall–Kier alpha value is -1.36. The zero-order valence-corrected chi connectivity index (χ0v) is 9.58. The maximum Gasteiger partial charge on any atom is 0.237 e. The third-order valence-electron chi connectivity index (χ3n) is 2.33. The second-order valence-corrected chi connectivity index (χ2v) is 3.98. The lowest BCUT2D eigenvalue weighted by Gasteiger charge is -2.12. The molecule has 0 radical (unpaired) electrons.